The lowest BCUT2D eigenvalue weighted by molar-refractivity contribution is -0.121. The summed E-state index contributed by atoms with van der Waals surface area (Å²) < 4.78 is 0. The first-order valence-electron chi connectivity index (χ1n) is 10.4. The van der Waals surface area contributed by atoms with Gasteiger partial charge in [-0.25, -0.2) is 0 Å². The molecule has 29 heavy (non-hydrogen) atoms. The first kappa shape index (κ1) is 24.1. The largest absolute Gasteiger partial charge is 0.369 e. The van der Waals surface area contributed by atoms with Crippen LogP contribution in [-0.4, -0.2) is 51.1 Å². The van der Waals surface area contributed by atoms with Crippen LogP contribution in [0, 0.1) is 5.92 Å². The summed E-state index contributed by atoms with van der Waals surface area (Å²) in [5.74, 6) is 1.54. The minimum absolute atomic E-state index is 0. The van der Waals surface area contributed by atoms with Crippen molar-refractivity contribution in [1.82, 2.24) is 16.0 Å². The second kappa shape index (κ2) is 12.5. The van der Waals surface area contributed by atoms with Crippen LogP contribution in [0.2, 0.25) is 5.02 Å². The highest BCUT2D eigenvalue weighted by atomic mass is 127. The Morgan fingerprint density at radius 3 is 2.69 bits per heavy atom. The molecule has 3 N–H and O–H groups in total. The van der Waals surface area contributed by atoms with Gasteiger partial charge in [-0.1, -0.05) is 30.5 Å². The first-order valence-corrected chi connectivity index (χ1v) is 10.8. The molecule has 0 bridgehead atoms. The lowest BCUT2D eigenvalue weighted by atomic mass is 10.0. The maximum Gasteiger partial charge on any atom is 0.220 e. The number of carbonyl (C=O) groups is 1. The number of guanidine groups is 1. The molecule has 3 rings (SSSR count). The van der Waals surface area contributed by atoms with Crippen molar-refractivity contribution in [2.45, 2.75) is 44.6 Å². The van der Waals surface area contributed by atoms with Gasteiger partial charge in [0.05, 0.1) is 0 Å². The van der Waals surface area contributed by atoms with Gasteiger partial charge in [0.25, 0.3) is 0 Å². The van der Waals surface area contributed by atoms with Crippen LogP contribution in [0.25, 0.3) is 0 Å². The highest BCUT2D eigenvalue weighted by Crippen LogP contribution is 2.27. The molecule has 1 aliphatic carbocycles. The molecule has 0 spiro atoms. The lowest BCUT2D eigenvalue weighted by Gasteiger charge is -2.20. The Kier molecular flexibility index (Phi) is 10.3. The zero-order valence-corrected chi connectivity index (χ0v) is 20.2. The molecule has 1 heterocycles. The lowest BCUT2D eigenvalue weighted by Crippen LogP contribution is -2.46. The van der Waals surface area contributed by atoms with E-state index in [1.807, 2.05) is 18.2 Å². The van der Waals surface area contributed by atoms with E-state index >= 15 is 0 Å². The number of nitrogens with zero attached hydrogens (tertiary/aromatic N) is 2. The third kappa shape index (κ3) is 7.85. The van der Waals surface area contributed by atoms with Gasteiger partial charge in [-0.3, -0.25) is 9.79 Å². The fourth-order valence-electron chi connectivity index (χ4n) is 4.11. The van der Waals surface area contributed by atoms with Crippen LogP contribution < -0.4 is 20.9 Å². The van der Waals surface area contributed by atoms with Crippen molar-refractivity contribution in [2.75, 3.05) is 38.1 Å². The van der Waals surface area contributed by atoms with Gasteiger partial charge in [0.15, 0.2) is 5.96 Å². The summed E-state index contributed by atoms with van der Waals surface area (Å²) in [5.41, 5.74) is 1.16. The number of nitrogens with one attached hydrogen (secondary N) is 3. The van der Waals surface area contributed by atoms with Crippen molar-refractivity contribution in [3.8, 4) is 0 Å². The smallest absolute Gasteiger partial charge is 0.220 e. The maximum atomic E-state index is 12.0. The molecule has 1 saturated heterocycles. The summed E-state index contributed by atoms with van der Waals surface area (Å²) in [6.45, 7) is 3.19. The molecule has 6 nitrogen and oxygen atoms in total. The van der Waals surface area contributed by atoms with Gasteiger partial charge in [0.1, 0.15) is 0 Å². The van der Waals surface area contributed by atoms with Gasteiger partial charge < -0.3 is 20.9 Å². The molecule has 0 radical (unpaired) electrons. The van der Waals surface area contributed by atoms with Gasteiger partial charge in [-0.2, -0.15) is 0 Å². The highest BCUT2D eigenvalue weighted by Gasteiger charge is 2.23. The fourth-order valence-corrected chi connectivity index (χ4v) is 4.29. The predicted octanol–water partition coefficient (Wildman–Crippen LogP) is 3.40. The second-order valence-electron chi connectivity index (χ2n) is 7.76. The van der Waals surface area contributed by atoms with Crippen LogP contribution in [0.3, 0.4) is 0 Å². The molecular formula is C21H33ClIN5O. The number of benzene rings is 1. The number of hydrogen-bond acceptors (Lipinski definition) is 3. The number of aliphatic imine (C=N–C) groups is 1. The number of halogens is 2. The Hall–Kier alpha value is -1.22. The standard InChI is InChI=1S/C21H32ClN5O.HI/c1-23-21(25-11-10-24-20(28)13-16-5-2-3-6-16)26-18-9-12-27(15-18)19-8-4-7-17(22)14-19;/h4,7-8,14,16,18H,2-3,5-6,9-13,15H2,1H3,(H,24,28)(H2,23,25,26);1H. The summed E-state index contributed by atoms with van der Waals surface area (Å²) in [7, 11) is 1.78. The van der Waals surface area contributed by atoms with Crippen molar-refractivity contribution in [2.24, 2.45) is 10.9 Å². The van der Waals surface area contributed by atoms with E-state index in [2.05, 4.69) is 31.9 Å². The van der Waals surface area contributed by atoms with Crippen LogP contribution >= 0.6 is 35.6 Å². The highest BCUT2D eigenvalue weighted by molar-refractivity contribution is 14.0. The summed E-state index contributed by atoms with van der Waals surface area (Å²) >= 11 is 6.11. The molecule has 162 valence electrons. The summed E-state index contributed by atoms with van der Waals surface area (Å²) in [4.78, 5) is 18.6. The normalized spacial score (nSPS) is 19.7. The molecule has 1 atom stereocenters. The summed E-state index contributed by atoms with van der Waals surface area (Å²) in [5, 5.41) is 10.5. The Morgan fingerprint density at radius 2 is 1.97 bits per heavy atom. The average Bonchev–Trinajstić information content (AvgIpc) is 3.36. The topological polar surface area (TPSA) is 68.8 Å². The third-order valence-electron chi connectivity index (χ3n) is 5.61. The van der Waals surface area contributed by atoms with Gasteiger partial charge in [-0.15, -0.1) is 24.0 Å². The van der Waals surface area contributed by atoms with Gasteiger partial charge in [-0.05, 0) is 43.4 Å². The Bertz CT molecular complexity index is 681. The van der Waals surface area contributed by atoms with Crippen molar-refractivity contribution in [1.29, 1.82) is 0 Å². The van der Waals surface area contributed by atoms with E-state index in [4.69, 9.17) is 11.6 Å². The van der Waals surface area contributed by atoms with E-state index in [9.17, 15) is 4.79 Å². The van der Waals surface area contributed by atoms with Crippen molar-refractivity contribution < 1.29 is 4.79 Å². The van der Waals surface area contributed by atoms with Crippen LogP contribution in [0.5, 0.6) is 0 Å². The van der Waals surface area contributed by atoms with E-state index in [-0.39, 0.29) is 29.9 Å². The molecule has 2 aliphatic rings. The number of rotatable bonds is 7. The number of carbonyl (C=O) groups excluding carboxylic acids is 1. The maximum absolute atomic E-state index is 12.0. The molecule has 1 aromatic rings. The fraction of sp³-hybridized carbons (Fsp3) is 0.619. The first-order chi connectivity index (χ1) is 13.6. The van der Waals surface area contributed by atoms with Crippen LogP contribution in [0.15, 0.2) is 29.3 Å². The van der Waals surface area contributed by atoms with E-state index in [0.717, 1.165) is 36.2 Å². The molecule has 1 aromatic carbocycles. The summed E-state index contributed by atoms with van der Waals surface area (Å²) in [6, 6.07) is 8.32. The molecule has 0 aromatic heterocycles. The average molecular weight is 534 g/mol. The minimum atomic E-state index is 0. The number of amides is 1. The number of hydrogen-bond donors (Lipinski definition) is 3. The zero-order valence-electron chi connectivity index (χ0n) is 17.1. The molecule has 2 fully saturated rings. The van der Waals surface area contributed by atoms with Crippen molar-refractivity contribution in [3.63, 3.8) is 0 Å². The van der Waals surface area contributed by atoms with Gasteiger partial charge in [0, 0.05) is 56.4 Å². The Labute approximate surface area is 196 Å². The predicted molar refractivity (Wildman–Crippen MR) is 132 cm³/mol. The van der Waals surface area contributed by atoms with Gasteiger partial charge in [0.2, 0.25) is 5.91 Å². The van der Waals surface area contributed by atoms with Crippen molar-refractivity contribution >= 4 is 53.1 Å². The van der Waals surface area contributed by atoms with E-state index in [0.29, 0.717) is 31.5 Å². The van der Waals surface area contributed by atoms with Crippen molar-refractivity contribution in [3.05, 3.63) is 29.3 Å². The molecule has 1 aliphatic heterocycles. The third-order valence-corrected chi connectivity index (χ3v) is 5.85. The molecule has 8 heteroatoms. The van der Waals surface area contributed by atoms with E-state index in [1.54, 1.807) is 7.05 Å². The second-order valence-corrected chi connectivity index (χ2v) is 8.20. The monoisotopic (exact) mass is 533 g/mol. The van der Waals surface area contributed by atoms with E-state index in [1.165, 1.54) is 25.7 Å². The van der Waals surface area contributed by atoms with E-state index < -0.39 is 0 Å². The van der Waals surface area contributed by atoms with Crippen LogP contribution in [0.1, 0.15) is 38.5 Å². The Balaban J connectivity index is 0.00000300. The minimum Gasteiger partial charge on any atom is -0.369 e. The SMILES string of the molecule is CN=C(NCCNC(=O)CC1CCCC1)NC1CCN(c2cccc(Cl)c2)C1.I. The van der Waals surface area contributed by atoms with Crippen LogP contribution in [-0.2, 0) is 4.79 Å². The zero-order chi connectivity index (χ0) is 19.8. The molecule has 1 unspecified atom stereocenters. The Morgan fingerprint density at radius 1 is 1.21 bits per heavy atom. The summed E-state index contributed by atoms with van der Waals surface area (Å²) in [6.07, 6.45) is 6.68. The molecule has 1 amide bonds. The quantitative estimate of drug-likeness (QED) is 0.218. The van der Waals surface area contributed by atoms with Gasteiger partial charge >= 0.3 is 0 Å². The molecular weight excluding hydrogens is 501 g/mol. The van der Waals surface area contributed by atoms with Crippen LogP contribution in [0.4, 0.5) is 5.69 Å². The molecule has 1 saturated carbocycles. The number of anilines is 1.